The smallest absolute Gasteiger partial charge is 0.410 e. The molecule has 0 bridgehead atoms. The Hall–Kier alpha value is -2.51. The molecule has 142 valence electrons. The van der Waals surface area contributed by atoms with Crippen molar-refractivity contribution in [2.24, 2.45) is 0 Å². The Morgan fingerprint density at radius 2 is 1.85 bits per heavy atom. The van der Waals surface area contributed by atoms with Crippen molar-refractivity contribution in [2.75, 3.05) is 31.1 Å². The van der Waals surface area contributed by atoms with Gasteiger partial charge in [0.15, 0.2) is 5.75 Å². The molecular weight excluding hydrogens is 338 g/mol. The first kappa shape index (κ1) is 18.3. The summed E-state index contributed by atoms with van der Waals surface area (Å²) in [4.78, 5) is 26.8. The van der Waals surface area contributed by atoms with Crippen LogP contribution >= 0.6 is 0 Å². The maximum atomic E-state index is 12.1. The molecule has 1 saturated heterocycles. The van der Waals surface area contributed by atoms with Crippen molar-refractivity contribution in [3.05, 3.63) is 28.3 Å². The zero-order valence-electron chi connectivity index (χ0n) is 15.4. The number of ether oxygens (including phenoxy) is 2. The van der Waals surface area contributed by atoms with Gasteiger partial charge in [-0.1, -0.05) is 0 Å². The first-order chi connectivity index (χ1) is 12.2. The Morgan fingerprint density at radius 1 is 1.19 bits per heavy atom. The Kier molecular flexibility index (Phi) is 4.93. The van der Waals surface area contributed by atoms with Crippen molar-refractivity contribution in [2.45, 2.75) is 45.3 Å². The standard InChI is InChI=1S/C18H25N3O5/c1-18(2,3)26-17(22)20-10-8-19(9-11-20)13-4-7-16(25-14-5-6-14)15(12-13)21(23)24/h4,7,12,14H,5-6,8-11H2,1-3H3. The van der Waals surface area contributed by atoms with Crippen molar-refractivity contribution in [1.29, 1.82) is 0 Å². The first-order valence-corrected chi connectivity index (χ1v) is 8.91. The Morgan fingerprint density at radius 3 is 2.38 bits per heavy atom. The molecule has 8 nitrogen and oxygen atoms in total. The zero-order chi connectivity index (χ0) is 18.9. The van der Waals surface area contributed by atoms with Crippen LogP contribution in [0.3, 0.4) is 0 Å². The summed E-state index contributed by atoms with van der Waals surface area (Å²) in [5.41, 5.74) is 0.235. The van der Waals surface area contributed by atoms with E-state index >= 15 is 0 Å². The minimum atomic E-state index is -0.522. The summed E-state index contributed by atoms with van der Waals surface area (Å²) in [5.74, 6) is 0.327. The van der Waals surface area contributed by atoms with Crippen molar-refractivity contribution in [1.82, 2.24) is 4.90 Å². The lowest BCUT2D eigenvalue weighted by atomic mass is 10.2. The van der Waals surface area contributed by atoms with Gasteiger partial charge in [0.25, 0.3) is 0 Å². The number of nitro benzene ring substituents is 1. The second kappa shape index (κ2) is 7.01. The number of hydrogen-bond donors (Lipinski definition) is 0. The van der Waals surface area contributed by atoms with Gasteiger partial charge in [-0.25, -0.2) is 4.79 Å². The molecule has 3 rings (SSSR count). The number of nitro groups is 1. The van der Waals surface area contributed by atoms with Crippen molar-refractivity contribution < 1.29 is 19.2 Å². The molecule has 1 aromatic carbocycles. The first-order valence-electron chi connectivity index (χ1n) is 8.91. The molecule has 1 aliphatic heterocycles. The summed E-state index contributed by atoms with van der Waals surface area (Å²) in [6, 6.07) is 5.07. The third kappa shape index (κ3) is 4.56. The molecule has 0 unspecified atom stereocenters. The van der Waals surface area contributed by atoms with Gasteiger partial charge in [-0.15, -0.1) is 0 Å². The summed E-state index contributed by atoms with van der Waals surface area (Å²) >= 11 is 0. The van der Waals surface area contributed by atoms with E-state index in [9.17, 15) is 14.9 Å². The van der Waals surface area contributed by atoms with E-state index in [1.54, 1.807) is 17.0 Å². The fourth-order valence-corrected chi connectivity index (χ4v) is 2.78. The Balaban J connectivity index is 1.64. The second-order valence-corrected chi connectivity index (χ2v) is 7.68. The largest absolute Gasteiger partial charge is 0.483 e. The second-order valence-electron chi connectivity index (χ2n) is 7.68. The highest BCUT2D eigenvalue weighted by Crippen LogP contribution is 2.36. The molecule has 26 heavy (non-hydrogen) atoms. The molecule has 1 heterocycles. The summed E-state index contributed by atoms with van der Waals surface area (Å²) in [6.07, 6.45) is 1.69. The van der Waals surface area contributed by atoms with Gasteiger partial charge in [-0.05, 0) is 45.7 Å². The van der Waals surface area contributed by atoms with Crippen molar-refractivity contribution in [3.8, 4) is 5.75 Å². The van der Waals surface area contributed by atoms with Crippen molar-refractivity contribution in [3.63, 3.8) is 0 Å². The predicted octanol–water partition coefficient (Wildman–Crippen LogP) is 3.19. The molecule has 1 amide bonds. The minimum absolute atomic E-state index is 0.0102. The monoisotopic (exact) mass is 363 g/mol. The zero-order valence-corrected chi connectivity index (χ0v) is 15.4. The quantitative estimate of drug-likeness (QED) is 0.603. The highest BCUT2D eigenvalue weighted by molar-refractivity contribution is 5.69. The summed E-state index contributed by atoms with van der Waals surface area (Å²) in [5, 5.41) is 11.4. The fourth-order valence-electron chi connectivity index (χ4n) is 2.78. The van der Waals surface area contributed by atoms with Crippen molar-refractivity contribution >= 4 is 17.5 Å². The molecule has 0 radical (unpaired) electrons. The van der Waals surface area contributed by atoms with Gasteiger partial charge in [0.1, 0.15) is 5.60 Å². The number of hydrogen-bond acceptors (Lipinski definition) is 6. The van der Waals surface area contributed by atoms with Gasteiger partial charge in [-0.3, -0.25) is 10.1 Å². The Bertz CT molecular complexity index is 689. The van der Waals surface area contributed by atoms with Crippen LogP contribution in [-0.4, -0.2) is 53.8 Å². The summed E-state index contributed by atoms with van der Waals surface area (Å²) in [7, 11) is 0. The maximum absolute atomic E-state index is 12.1. The van der Waals surface area contributed by atoms with Crippen LogP contribution in [-0.2, 0) is 4.74 Å². The normalized spacial score (nSPS) is 17.8. The van der Waals surface area contributed by atoms with Gasteiger partial charge in [-0.2, -0.15) is 0 Å². The Labute approximate surface area is 152 Å². The van der Waals surface area contributed by atoms with Gasteiger partial charge in [0.05, 0.1) is 11.0 Å². The molecule has 1 saturated carbocycles. The van der Waals surface area contributed by atoms with Crippen LogP contribution in [0, 0.1) is 10.1 Å². The van der Waals surface area contributed by atoms with E-state index in [4.69, 9.17) is 9.47 Å². The molecule has 0 aromatic heterocycles. The lowest BCUT2D eigenvalue weighted by Crippen LogP contribution is -2.50. The number of carbonyl (C=O) groups is 1. The maximum Gasteiger partial charge on any atom is 0.410 e. The molecule has 1 aromatic rings. The van der Waals surface area contributed by atoms with E-state index in [1.165, 1.54) is 0 Å². The molecule has 2 aliphatic rings. The average Bonchev–Trinajstić information content (AvgIpc) is 3.37. The van der Waals surface area contributed by atoms with Gasteiger partial charge >= 0.3 is 11.8 Å². The van der Waals surface area contributed by atoms with Gasteiger partial charge < -0.3 is 19.3 Å². The number of anilines is 1. The summed E-state index contributed by atoms with van der Waals surface area (Å²) < 4.78 is 11.0. The van der Waals surface area contributed by atoms with Crippen LogP contribution in [0.4, 0.5) is 16.2 Å². The van der Waals surface area contributed by atoms with Crippen LogP contribution in [0.5, 0.6) is 5.75 Å². The molecule has 0 N–H and O–H groups in total. The summed E-state index contributed by atoms with van der Waals surface area (Å²) in [6.45, 7) is 7.74. The number of carbonyl (C=O) groups excluding carboxylic acids is 1. The van der Waals surface area contributed by atoms with Crippen LogP contribution in [0.25, 0.3) is 0 Å². The molecule has 2 fully saturated rings. The van der Waals surface area contributed by atoms with Crippen LogP contribution in [0.2, 0.25) is 0 Å². The number of nitrogens with zero attached hydrogens (tertiary/aromatic N) is 3. The predicted molar refractivity (Wildman–Crippen MR) is 96.8 cm³/mol. The third-order valence-electron chi connectivity index (χ3n) is 4.25. The van der Waals surface area contributed by atoms with E-state index in [1.807, 2.05) is 31.7 Å². The third-order valence-corrected chi connectivity index (χ3v) is 4.25. The molecule has 8 heteroatoms. The molecule has 0 spiro atoms. The van der Waals surface area contributed by atoms with E-state index in [-0.39, 0.29) is 17.9 Å². The van der Waals surface area contributed by atoms with E-state index in [2.05, 4.69) is 0 Å². The lowest BCUT2D eigenvalue weighted by Gasteiger charge is -2.36. The van der Waals surface area contributed by atoms with E-state index in [0.29, 0.717) is 31.9 Å². The van der Waals surface area contributed by atoms with Gasteiger partial charge in [0.2, 0.25) is 0 Å². The van der Waals surface area contributed by atoms with Crippen LogP contribution in [0.1, 0.15) is 33.6 Å². The minimum Gasteiger partial charge on any atom is -0.483 e. The molecular formula is C18H25N3O5. The molecule has 1 aliphatic carbocycles. The average molecular weight is 363 g/mol. The number of amides is 1. The highest BCUT2D eigenvalue weighted by Gasteiger charge is 2.29. The number of benzene rings is 1. The fraction of sp³-hybridized carbons (Fsp3) is 0.611. The van der Waals surface area contributed by atoms with Crippen LogP contribution < -0.4 is 9.64 Å². The SMILES string of the molecule is CC(C)(C)OC(=O)N1CCN(c2ccc(OC3CC3)c([N+](=O)[O-])c2)CC1. The number of piperazine rings is 1. The van der Waals surface area contributed by atoms with E-state index in [0.717, 1.165) is 18.5 Å². The highest BCUT2D eigenvalue weighted by atomic mass is 16.6. The molecule has 0 atom stereocenters. The number of rotatable bonds is 4. The van der Waals surface area contributed by atoms with Gasteiger partial charge in [0, 0.05) is 37.9 Å². The topological polar surface area (TPSA) is 85.2 Å². The van der Waals surface area contributed by atoms with Crippen LogP contribution in [0.15, 0.2) is 18.2 Å². The lowest BCUT2D eigenvalue weighted by molar-refractivity contribution is -0.385. The van der Waals surface area contributed by atoms with E-state index < -0.39 is 10.5 Å².